The number of nitrogens with one attached hydrogen (secondary N) is 2. The highest BCUT2D eigenvalue weighted by molar-refractivity contribution is 9.10. The molecule has 0 saturated carbocycles. The first kappa shape index (κ1) is 35.7. The lowest BCUT2D eigenvalue weighted by molar-refractivity contribution is -0.123. The third-order valence-electron chi connectivity index (χ3n) is 9.69. The second-order valence-corrected chi connectivity index (χ2v) is 14.8. The number of H-pyrrole nitrogens is 1. The van der Waals surface area contributed by atoms with Gasteiger partial charge in [-0.2, -0.15) is 5.10 Å². The maximum atomic E-state index is 13.7. The first-order valence-electron chi connectivity index (χ1n) is 17.2. The van der Waals surface area contributed by atoms with Crippen LogP contribution in [0.5, 0.6) is 5.75 Å². The zero-order valence-corrected chi connectivity index (χ0v) is 30.8. The van der Waals surface area contributed by atoms with Gasteiger partial charge in [-0.05, 0) is 102 Å². The van der Waals surface area contributed by atoms with Crippen LogP contribution in [-0.2, 0) is 28.5 Å². The summed E-state index contributed by atoms with van der Waals surface area (Å²) < 4.78 is 9.28. The van der Waals surface area contributed by atoms with Gasteiger partial charge >= 0.3 is 0 Å². The molecule has 8 heteroatoms. The topological polar surface area (TPSA) is 84.3 Å². The van der Waals surface area contributed by atoms with Crippen molar-refractivity contribution >= 4 is 33.2 Å². The Balaban J connectivity index is 1.43. The highest BCUT2D eigenvalue weighted by atomic mass is 79.9. The summed E-state index contributed by atoms with van der Waals surface area (Å²) in [4.78, 5) is 17.1. The van der Waals surface area contributed by atoms with E-state index < -0.39 is 6.10 Å². The number of carbonyl (C=O) groups excluding carboxylic acids is 1. The number of aryl methyl sites for hydroxylation is 3. The van der Waals surface area contributed by atoms with Crippen molar-refractivity contribution in [2.45, 2.75) is 137 Å². The van der Waals surface area contributed by atoms with E-state index in [0.717, 1.165) is 90.9 Å². The number of ether oxygens (including phenoxy) is 1. The van der Waals surface area contributed by atoms with Crippen molar-refractivity contribution in [3.05, 3.63) is 75.1 Å². The molecular weight excluding hydrogens is 638 g/mol. The fourth-order valence-corrected chi connectivity index (χ4v) is 5.97. The SMILES string of the molecule is CCCCCCC(Oc1ccc(C(C)(C)CC)cc1C(C)(C)CC)C(=O)Nc1ccc(CCCc2nn3nc(C)c(Br)c3[nH]2)cc1. The molecule has 0 radical (unpaired) electrons. The van der Waals surface area contributed by atoms with Gasteiger partial charge in [0.05, 0.1) is 10.2 Å². The lowest BCUT2D eigenvalue weighted by Gasteiger charge is -2.31. The van der Waals surface area contributed by atoms with Gasteiger partial charge in [0.25, 0.3) is 5.91 Å². The lowest BCUT2D eigenvalue weighted by atomic mass is 9.76. The molecule has 0 aliphatic rings. The lowest BCUT2D eigenvalue weighted by Crippen LogP contribution is -2.34. The Morgan fingerprint density at radius 2 is 1.65 bits per heavy atom. The molecule has 1 amide bonds. The molecule has 46 heavy (non-hydrogen) atoms. The minimum absolute atomic E-state index is 0.0719. The Morgan fingerprint density at radius 3 is 2.30 bits per heavy atom. The zero-order chi connectivity index (χ0) is 33.5. The number of anilines is 1. The highest BCUT2D eigenvalue weighted by Gasteiger charge is 2.29. The third kappa shape index (κ3) is 8.81. The van der Waals surface area contributed by atoms with Gasteiger partial charge in [0.2, 0.25) is 0 Å². The van der Waals surface area contributed by atoms with Crippen molar-refractivity contribution < 1.29 is 9.53 Å². The van der Waals surface area contributed by atoms with Gasteiger partial charge in [0.15, 0.2) is 11.8 Å². The standard InChI is InChI=1S/C38H54BrN5O2/c1-9-12-13-14-17-32(46-31-24-21-28(37(5,6)10-2)25-30(31)38(7,8)11-3)36(45)40-29-22-19-27(20-23-29)16-15-18-33-41-35-34(39)26(4)42-44(35)43-33/h19-25,32H,9-18H2,1-8H3,(H,40,45)(H,41,43). The Hall–Kier alpha value is -3.13. The van der Waals surface area contributed by atoms with Crippen LogP contribution in [0.1, 0.15) is 128 Å². The molecule has 1 atom stereocenters. The van der Waals surface area contributed by atoms with Crippen LogP contribution in [-0.4, -0.2) is 31.8 Å². The van der Waals surface area contributed by atoms with E-state index in [1.807, 2.05) is 19.1 Å². The summed E-state index contributed by atoms with van der Waals surface area (Å²) >= 11 is 3.57. The summed E-state index contributed by atoms with van der Waals surface area (Å²) in [7, 11) is 0. The molecule has 7 nitrogen and oxygen atoms in total. The van der Waals surface area contributed by atoms with Crippen LogP contribution in [0.4, 0.5) is 5.69 Å². The first-order chi connectivity index (χ1) is 21.9. The van der Waals surface area contributed by atoms with E-state index in [4.69, 9.17) is 4.74 Å². The van der Waals surface area contributed by atoms with E-state index in [2.05, 4.69) is 115 Å². The largest absolute Gasteiger partial charge is 0.480 e. The van der Waals surface area contributed by atoms with Crippen molar-refractivity contribution in [2.75, 3.05) is 5.32 Å². The maximum absolute atomic E-state index is 13.7. The molecule has 1 unspecified atom stereocenters. The van der Waals surface area contributed by atoms with Crippen LogP contribution < -0.4 is 10.1 Å². The molecule has 250 valence electrons. The molecule has 0 bridgehead atoms. The highest BCUT2D eigenvalue weighted by Crippen LogP contribution is 2.39. The number of nitrogens with zero attached hydrogens (tertiary/aromatic N) is 3. The monoisotopic (exact) mass is 691 g/mol. The molecule has 2 aromatic carbocycles. The summed E-state index contributed by atoms with van der Waals surface area (Å²) in [6.45, 7) is 17.7. The summed E-state index contributed by atoms with van der Waals surface area (Å²) in [6, 6.07) is 14.8. The van der Waals surface area contributed by atoms with E-state index in [0.29, 0.717) is 6.42 Å². The predicted octanol–water partition coefficient (Wildman–Crippen LogP) is 10.0. The van der Waals surface area contributed by atoms with Crippen LogP contribution in [0.2, 0.25) is 0 Å². The molecule has 2 N–H and O–H groups in total. The molecule has 2 heterocycles. The predicted molar refractivity (Wildman–Crippen MR) is 193 cm³/mol. The second-order valence-electron chi connectivity index (χ2n) is 14.0. The number of aromatic amines is 1. The molecule has 0 spiro atoms. The summed E-state index contributed by atoms with van der Waals surface area (Å²) in [5.74, 6) is 1.65. The number of rotatable bonds is 17. The number of benzene rings is 2. The molecular formula is C38H54BrN5O2. The van der Waals surface area contributed by atoms with Crippen LogP contribution in [0.15, 0.2) is 46.9 Å². The van der Waals surface area contributed by atoms with Gasteiger partial charge in [0, 0.05) is 17.7 Å². The first-order valence-corrected chi connectivity index (χ1v) is 18.0. The Labute approximate surface area is 284 Å². The maximum Gasteiger partial charge on any atom is 0.265 e. The third-order valence-corrected chi connectivity index (χ3v) is 10.6. The fourth-order valence-electron chi connectivity index (χ4n) is 5.63. The van der Waals surface area contributed by atoms with Crippen molar-refractivity contribution in [3.8, 4) is 5.75 Å². The van der Waals surface area contributed by atoms with E-state index in [1.54, 1.807) is 4.63 Å². The number of aromatic nitrogens is 4. The van der Waals surface area contributed by atoms with Crippen LogP contribution in [0.3, 0.4) is 0 Å². The number of halogens is 1. The molecule has 4 rings (SSSR count). The van der Waals surface area contributed by atoms with E-state index in [-0.39, 0.29) is 16.7 Å². The normalized spacial score (nSPS) is 12.9. The Bertz CT molecular complexity index is 1580. The van der Waals surface area contributed by atoms with Crippen LogP contribution >= 0.6 is 15.9 Å². The molecule has 0 aliphatic heterocycles. The number of amides is 1. The van der Waals surface area contributed by atoms with E-state index in [9.17, 15) is 4.79 Å². The van der Waals surface area contributed by atoms with Gasteiger partial charge in [-0.3, -0.25) is 4.79 Å². The molecule has 0 saturated heterocycles. The number of carbonyl (C=O) groups is 1. The molecule has 4 aromatic rings. The van der Waals surface area contributed by atoms with Crippen molar-refractivity contribution in [3.63, 3.8) is 0 Å². The van der Waals surface area contributed by atoms with E-state index >= 15 is 0 Å². The fraction of sp³-hybridized carbons (Fsp3) is 0.553. The van der Waals surface area contributed by atoms with Crippen molar-refractivity contribution in [1.29, 1.82) is 0 Å². The summed E-state index contributed by atoms with van der Waals surface area (Å²) in [5, 5.41) is 12.1. The Kier molecular flexibility index (Phi) is 12.1. The summed E-state index contributed by atoms with van der Waals surface area (Å²) in [6.07, 6.45) is 9.22. The molecule has 0 fully saturated rings. The van der Waals surface area contributed by atoms with Gasteiger partial charge in [-0.1, -0.05) is 92.0 Å². The number of hydrogen-bond donors (Lipinski definition) is 2. The summed E-state index contributed by atoms with van der Waals surface area (Å²) in [5.41, 5.74) is 6.30. The number of hydrogen-bond acceptors (Lipinski definition) is 4. The van der Waals surface area contributed by atoms with Gasteiger partial charge in [0.1, 0.15) is 11.6 Å². The smallest absolute Gasteiger partial charge is 0.265 e. The van der Waals surface area contributed by atoms with E-state index in [1.165, 1.54) is 16.7 Å². The second kappa shape index (κ2) is 15.6. The Morgan fingerprint density at radius 1 is 0.935 bits per heavy atom. The van der Waals surface area contributed by atoms with Crippen LogP contribution in [0.25, 0.3) is 5.65 Å². The molecule has 0 aliphatic carbocycles. The average molecular weight is 693 g/mol. The molecule has 2 aromatic heterocycles. The minimum Gasteiger partial charge on any atom is -0.480 e. The number of fused-ring (bicyclic) bond motifs is 1. The van der Waals surface area contributed by atoms with Gasteiger partial charge in [-0.15, -0.1) is 9.73 Å². The number of unbranched alkanes of at least 4 members (excludes halogenated alkanes) is 3. The van der Waals surface area contributed by atoms with Crippen LogP contribution in [0, 0.1) is 6.92 Å². The quantitative estimate of drug-likeness (QED) is 0.108. The minimum atomic E-state index is -0.564. The van der Waals surface area contributed by atoms with Crippen molar-refractivity contribution in [1.82, 2.24) is 19.8 Å². The average Bonchev–Trinajstić information content (AvgIpc) is 3.56. The van der Waals surface area contributed by atoms with Gasteiger partial charge < -0.3 is 15.0 Å². The zero-order valence-electron chi connectivity index (χ0n) is 29.2. The van der Waals surface area contributed by atoms with Crippen molar-refractivity contribution in [2.24, 2.45) is 0 Å². The van der Waals surface area contributed by atoms with Gasteiger partial charge in [-0.25, -0.2) is 0 Å².